The van der Waals surface area contributed by atoms with Gasteiger partial charge in [-0.15, -0.1) is 0 Å². The second kappa shape index (κ2) is 51.0. The quantitative estimate of drug-likeness (QED) is 0.0262. The zero-order chi connectivity index (χ0) is 45.1. The van der Waals surface area contributed by atoms with Crippen LogP contribution in [-0.4, -0.2) is 37.2 Å². The number of hydrogen-bond donors (Lipinski definition) is 0. The molecule has 0 saturated heterocycles. The van der Waals surface area contributed by atoms with Crippen LogP contribution in [0.2, 0.25) is 0 Å². The maximum absolute atomic E-state index is 12.7. The van der Waals surface area contributed by atoms with E-state index < -0.39 is 6.10 Å². The second-order valence-corrected chi connectivity index (χ2v) is 17.8. The lowest BCUT2D eigenvalue weighted by molar-refractivity contribution is -0.167. The molecule has 0 fully saturated rings. The minimum absolute atomic E-state index is 0.0782. The van der Waals surface area contributed by atoms with E-state index in [2.05, 4.69) is 69.4 Å². The average Bonchev–Trinajstić information content (AvgIpc) is 3.27. The zero-order valence-electron chi connectivity index (χ0n) is 41.1. The van der Waals surface area contributed by atoms with Crippen molar-refractivity contribution in [3.63, 3.8) is 0 Å². The topological polar surface area (TPSA) is 78.9 Å². The van der Waals surface area contributed by atoms with Crippen LogP contribution in [0.1, 0.15) is 271 Å². The Labute approximate surface area is 384 Å². The van der Waals surface area contributed by atoms with Gasteiger partial charge >= 0.3 is 17.9 Å². The standard InChI is InChI=1S/C56H100O6/c1-4-7-10-13-16-18-20-22-24-25-26-27-28-29-30-31-32-34-35-37-40-43-46-49-55(58)61-52-53(51-60-54(57)48-45-42-39-15-12-9-6-3)62-56(59)50-47-44-41-38-36-33-23-21-19-17-14-11-8-5-2/h14,17,20-23,25-26,53H,4-13,15-16,18-19,24,27-52H2,1-3H3/b17-14-,22-20-,23-21-,26-25-. The van der Waals surface area contributed by atoms with Gasteiger partial charge < -0.3 is 14.2 Å². The molecule has 0 spiro atoms. The van der Waals surface area contributed by atoms with Crippen molar-refractivity contribution in [3.8, 4) is 0 Å². The van der Waals surface area contributed by atoms with Gasteiger partial charge in [0.1, 0.15) is 13.2 Å². The molecule has 0 aliphatic carbocycles. The number of allylic oxidation sites excluding steroid dienone is 8. The first-order valence-corrected chi connectivity index (χ1v) is 26.6. The molecule has 0 bridgehead atoms. The Bertz CT molecular complexity index is 1090. The molecule has 0 aliphatic heterocycles. The average molecular weight is 869 g/mol. The minimum atomic E-state index is -0.776. The van der Waals surface area contributed by atoms with Crippen LogP contribution in [-0.2, 0) is 28.6 Å². The molecule has 0 rings (SSSR count). The van der Waals surface area contributed by atoms with E-state index in [1.165, 1.54) is 141 Å². The van der Waals surface area contributed by atoms with Crippen LogP contribution in [0.5, 0.6) is 0 Å². The number of unbranched alkanes of at least 4 members (excludes halogenated alkanes) is 29. The summed E-state index contributed by atoms with van der Waals surface area (Å²) in [5, 5.41) is 0. The smallest absolute Gasteiger partial charge is 0.306 e. The molecule has 1 unspecified atom stereocenters. The molecule has 6 nitrogen and oxygen atoms in total. The first-order valence-electron chi connectivity index (χ1n) is 26.6. The van der Waals surface area contributed by atoms with Gasteiger partial charge in [0, 0.05) is 19.3 Å². The Morgan fingerprint density at radius 2 is 0.597 bits per heavy atom. The fourth-order valence-corrected chi connectivity index (χ4v) is 7.49. The fourth-order valence-electron chi connectivity index (χ4n) is 7.49. The Morgan fingerprint density at radius 1 is 0.323 bits per heavy atom. The number of hydrogen-bond acceptors (Lipinski definition) is 6. The highest BCUT2D eigenvalue weighted by atomic mass is 16.6. The van der Waals surface area contributed by atoms with Crippen molar-refractivity contribution in [3.05, 3.63) is 48.6 Å². The van der Waals surface area contributed by atoms with Gasteiger partial charge in [-0.25, -0.2) is 0 Å². The second-order valence-electron chi connectivity index (χ2n) is 17.8. The maximum Gasteiger partial charge on any atom is 0.306 e. The molecule has 0 saturated carbocycles. The normalized spacial score (nSPS) is 12.4. The SMILES string of the molecule is CCCC/C=C\C/C=C\CCCCCCCC(=O)OC(COC(=O)CCCCCCCCC)COC(=O)CCCCCCCCCCCCC/C=C\C/C=C\CCCCCCC. The molecule has 6 heteroatoms. The van der Waals surface area contributed by atoms with E-state index in [9.17, 15) is 14.4 Å². The van der Waals surface area contributed by atoms with Crippen molar-refractivity contribution < 1.29 is 28.6 Å². The molecule has 0 aromatic heterocycles. The summed E-state index contributed by atoms with van der Waals surface area (Å²) in [6.45, 7) is 6.54. The van der Waals surface area contributed by atoms with Crippen molar-refractivity contribution in [1.29, 1.82) is 0 Å². The zero-order valence-corrected chi connectivity index (χ0v) is 41.1. The Balaban J connectivity index is 4.18. The number of carbonyl (C=O) groups excluding carboxylic acids is 3. The summed E-state index contributed by atoms with van der Waals surface area (Å²) in [5.41, 5.74) is 0. The number of carbonyl (C=O) groups is 3. The monoisotopic (exact) mass is 869 g/mol. The lowest BCUT2D eigenvalue weighted by atomic mass is 10.0. The Kier molecular flexibility index (Phi) is 48.8. The van der Waals surface area contributed by atoms with Crippen molar-refractivity contribution in [2.24, 2.45) is 0 Å². The van der Waals surface area contributed by atoms with Gasteiger partial charge in [0.25, 0.3) is 0 Å². The van der Waals surface area contributed by atoms with Crippen LogP contribution in [0.3, 0.4) is 0 Å². The third kappa shape index (κ3) is 48.4. The molecule has 0 N–H and O–H groups in total. The van der Waals surface area contributed by atoms with Crippen molar-refractivity contribution in [2.75, 3.05) is 13.2 Å². The molecular weight excluding hydrogens is 769 g/mol. The van der Waals surface area contributed by atoms with Crippen molar-refractivity contribution in [1.82, 2.24) is 0 Å². The molecule has 1 atom stereocenters. The summed E-state index contributed by atoms with van der Waals surface area (Å²) in [4.78, 5) is 37.8. The first kappa shape index (κ1) is 59.4. The highest BCUT2D eigenvalue weighted by Gasteiger charge is 2.19. The van der Waals surface area contributed by atoms with E-state index in [1.54, 1.807) is 0 Å². The van der Waals surface area contributed by atoms with Crippen LogP contribution in [0.25, 0.3) is 0 Å². The van der Waals surface area contributed by atoms with Crippen LogP contribution < -0.4 is 0 Å². The molecule has 0 aliphatic rings. The summed E-state index contributed by atoms with van der Waals surface area (Å²) in [6, 6.07) is 0. The van der Waals surface area contributed by atoms with Gasteiger partial charge in [0.05, 0.1) is 0 Å². The molecule has 360 valence electrons. The summed E-state index contributed by atoms with van der Waals surface area (Å²) < 4.78 is 16.7. The van der Waals surface area contributed by atoms with Crippen molar-refractivity contribution in [2.45, 2.75) is 277 Å². The van der Waals surface area contributed by atoms with E-state index >= 15 is 0 Å². The molecule has 0 aromatic rings. The van der Waals surface area contributed by atoms with Crippen LogP contribution in [0, 0.1) is 0 Å². The van der Waals surface area contributed by atoms with Gasteiger partial charge in [0.15, 0.2) is 6.10 Å². The van der Waals surface area contributed by atoms with Crippen LogP contribution in [0.4, 0.5) is 0 Å². The molecule has 0 aromatic carbocycles. The summed E-state index contributed by atoms with van der Waals surface area (Å²) >= 11 is 0. The van der Waals surface area contributed by atoms with Gasteiger partial charge in [-0.2, -0.15) is 0 Å². The van der Waals surface area contributed by atoms with Crippen LogP contribution in [0.15, 0.2) is 48.6 Å². The number of esters is 3. The molecule has 62 heavy (non-hydrogen) atoms. The minimum Gasteiger partial charge on any atom is -0.462 e. The summed E-state index contributed by atoms with van der Waals surface area (Å²) in [5.74, 6) is -0.894. The highest BCUT2D eigenvalue weighted by Crippen LogP contribution is 2.15. The maximum atomic E-state index is 12.7. The lowest BCUT2D eigenvalue weighted by Gasteiger charge is -2.18. The predicted molar refractivity (Wildman–Crippen MR) is 265 cm³/mol. The van der Waals surface area contributed by atoms with E-state index in [0.717, 1.165) is 89.9 Å². The summed E-state index contributed by atoms with van der Waals surface area (Å²) in [6.07, 6.45) is 61.2. The van der Waals surface area contributed by atoms with Gasteiger partial charge in [-0.3, -0.25) is 14.4 Å². The van der Waals surface area contributed by atoms with Gasteiger partial charge in [0.2, 0.25) is 0 Å². The molecular formula is C56H100O6. The molecule has 0 amide bonds. The van der Waals surface area contributed by atoms with E-state index in [4.69, 9.17) is 14.2 Å². The van der Waals surface area contributed by atoms with Crippen LogP contribution >= 0.6 is 0 Å². The van der Waals surface area contributed by atoms with E-state index in [0.29, 0.717) is 19.3 Å². The third-order valence-electron chi connectivity index (χ3n) is 11.6. The molecule has 0 heterocycles. The number of rotatable bonds is 48. The van der Waals surface area contributed by atoms with Gasteiger partial charge in [-0.05, 0) is 77.0 Å². The van der Waals surface area contributed by atoms with E-state index in [1.807, 2.05) is 0 Å². The predicted octanol–water partition coefficient (Wildman–Crippen LogP) is 17.5. The lowest BCUT2D eigenvalue weighted by Crippen LogP contribution is -2.30. The fraction of sp³-hybridized carbons (Fsp3) is 0.804. The largest absolute Gasteiger partial charge is 0.462 e. The van der Waals surface area contributed by atoms with E-state index in [-0.39, 0.29) is 31.1 Å². The van der Waals surface area contributed by atoms with Gasteiger partial charge in [-0.1, -0.05) is 223 Å². The summed E-state index contributed by atoms with van der Waals surface area (Å²) in [7, 11) is 0. The third-order valence-corrected chi connectivity index (χ3v) is 11.6. The Hall–Kier alpha value is -2.63. The Morgan fingerprint density at radius 3 is 0.935 bits per heavy atom. The van der Waals surface area contributed by atoms with Crippen molar-refractivity contribution >= 4 is 17.9 Å². The molecule has 0 radical (unpaired) electrons. The highest BCUT2D eigenvalue weighted by molar-refractivity contribution is 5.71. The first-order chi connectivity index (χ1) is 30.5. The number of ether oxygens (including phenoxy) is 3.